The van der Waals surface area contributed by atoms with Crippen LogP contribution >= 0.6 is 11.6 Å². The molecule has 0 aliphatic carbocycles. The fourth-order valence-electron chi connectivity index (χ4n) is 6.43. The predicted octanol–water partition coefficient (Wildman–Crippen LogP) is 7.37. The van der Waals surface area contributed by atoms with Crippen molar-refractivity contribution in [1.29, 1.82) is 0 Å². The smallest absolute Gasteiger partial charge is 0.417 e. The molecule has 2 heterocycles. The minimum atomic E-state index is -4.91. The fourth-order valence-corrected chi connectivity index (χ4v) is 8.25. The molecule has 0 N–H and O–H groups in total. The van der Waals surface area contributed by atoms with Gasteiger partial charge in [-0.25, -0.2) is 31.5 Å². The van der Waals surface area contributed by atoms with Gasteiger partial charge in [-0.2, -0.15) is 13.2 Å². The Morgan fingerprint density at radius 2 is 1.73 bits per heavy atom. The summed E-state index contributed by atoms with van der Waals surface area (Å²) in [6.07, 6.45) is -0.288. The van der Waals surface area contributed by atoms with Crippen molar-refractivity contribution in [3.05, 3.63) is 100 Å². The Bertz CT molecular complexity index is 1950. The van der Waals surface area contributed by atoms with Gasteiger partial charge in [0.15, 0.2) is 4.90 Å². The second-order valence-electron chi connectivity index (χ2n) is 12.4. The van der Waals surface area contributed by atoms with Crippen LogP contribution in [0.25, 0.3) is 0 Å². The highest BCUT2D eigenvalue weighted by Gasteiger charge is 2.40. The van der Waals surface area contributed by atoms with Gasteiger partial charge in [0, 0.05) is 48.2 Å². The van der Waals surface area contributed by atoms with E-state index in [9.17, 15) is 21.6 Å². The van der Waals surface area contributed by atoms with Crippen molar-refractivity contribution < 1.29 is 39.8 Å². The molecule has 274 valence electrons. The standard InChI is InChI=1S/C35H37ClF5N5O4S/c1-44(2)34(14-11-23-7-5-8-27(32(23)36)35(39,40)41)13-6-16-45(21-34)25-17-28(37)33(29(38)18-25)51(47,48)46(31-12-15-42-22-43-31)20-24-9-10-26(49-3)19-30(24)50-4/h5,7-10,12,15,17-19,22H,6,11,13-14,16,20-21H2,1-4H3/t34-/m1/s1. The monoisotopic (exact) mass is 753 g/mol. The lowest BCUT2D eigenvalue weighted by molar-refractivity contribution is -0.137. The second kappa shape index (κ2) is 15.2. The molecule has 4 aromatic rings. The molecule has 0 saturated carbocycles. The fraction of sp³-hybridized carbons (Fsp3) is 0.371. The van der Waals surface area contributed by atoms with Crippen LogP contribution in [-0.4, -0.2) is 70.2 Å². The van der Waals surface area contributed by atoms with Gasteiger partial charge in [0.1, 0.15) is 35.3 Å². The summed E-state index contributed by atoms with van der Waals surface area (Å²) in [5.41, 5.74) is -0.672. The van der Waals surface area contributed by atoms with Crippen LogP contribution in [0.2, 0.25) is 5.02 Å². The topological polar surface area (TPSA) is 88.1 Å². The van der Waals surface area contributed by atoms with E-state index in [0.29, 0.717) is 42.7 Å². The lowest BCUT2D eigenvalue weighted by Crippen LogP contribution is -2.56. The molecule has 1 aromatic heterocycles. The van der Waals surface area contributed by atoms with Crippen LogP contribution in [0.15, 0.2) is 72.0 Å². The Kier molecular flexibility index (Phi) is 11.3. The molecular formula is C35H37ClF5N5O4S. The average molecular weight is 754 g/mol. The molecule has 3 aromatic carbocycles. The lowest BCUT2D eigenvalue weighted by atomic mass is 9.82. The number of hydrogen-bond donors (Lipinski definition) is 0. The number of methoxy groups -OCH3 is 2. The molecule has 0 amide bonds. The third-order valence-corrected chi connectivity index (χ3v) is 11.5. The molecule has 0 radical (unpaired) electrons. The predicted molar refractivity (Wildman–Crippen MR) is 184 cm³/mol. The van der Waals surface area contributed by atoms with Gasteiger partial charge in [-0.15, -0.1) is 0 Å². The molecule has 0 bridgehead atoms. The molecule has 9 nitrogen and oxygen atoms in total. The van der Waals surface area contributed by atoms with Gasteiger partial charge in [-0.3, -0.25) is 0 Å². The highest BCUT2D eigenvalue weighted by atomic mass is 35.5. The first kappa shape index (κ1) is 38.0. The molecule has 1 saturated heterocycles. The van der Waals surface area contributed by atoms with Crippen LogP contribution < -0.4 is 18.7 Å². The van der Waals surface area contributed by atoms with E-state index in [4.69, 9.17) is 21.1 Å². The number of benzene rings is 3. The summed E-state index contributed by atoms with van der Waals surface area (Å²) in [6.45, 7) is 0.293. The summed E-state index contributed by atoms with van der Waals surface area (Å²) in [7, 11) is 1.63. The van der Waals surface area contributed by atoms with Gasteiger partial charge in [0.25, 0.3) is 10.0 Å². The first-order valence-electron chi connectivity index (χ1n) is 15.9. The van der Waals surface area contributed by atoms with Crippen LogP contribution in [0.5, 0.6) is 11.5 Å². The molecule has 1 atom stereocenters. The number of hydrogen-bond acceptors (Lipinski definition) is 8. The third kappa shape index (κ3) is 8.00. The van der Waals surface area contributed by atoms with E-state index in [1.54, 1.807) is 29.2 Å². The maximum atomic E-state index is 16.1. The summed E-state index contributed by atoms with van der Waals surface area (Å²) in [4.78, 5) is 10.4. The maximum absolute atomic E-state index is 16.1. The van der Waals surface area contributed by atoms with Crippen molar-refractivity contribution in [3.63, 3.8) is 0 Å². The average Bonchev–Trinajstić information content (AvgIpc) is 3.09. The molecule has 51 heavy (non-hydrogen) atoms. The van der Waals surface area contributed by atoms with E-state index < -0.39 is 43.8 Å². The number of ether oxygens (including phenoxy) is 2. The van der Waals surface area contributed by atoms with E-state index in [0.717, 1.165) is 28.8 Å². The SMILES string of the molecule is COc1ccc(CN(c2ccncn2)S(=O)(=O)c2c(F)cc(N3CCC[C@](CCc4cccc(C(F)(F)F)c4Cl)(N(C)C)C3)cc2F)c(OC)c1. The number of rotatable bonds is 12. The van der Waals surface area contributed by atoms with Crippen LogP contribution in [0, 0.1) is 11.6 Å². The van der Waals surface area contributed by atoms with E-state index in [-0.39, 0.29) is 41.8 Å². The summed E-state index contributed by atoms with van der Waals surface area (Å²) in [6, 6.07) is 11.8. The highest BCUT2D eigenvalue weighted by molar-refractivity contribution is 7.92. The number of likely N-dealkylation sites (N-methyl/N-ethyl adjacent to an activating group) is 1. The number of piperidine rings is 1. The molecule has 1 aliphatic rings. The summed E-state index contributed by atoms with van der Waals surface area (Å²) < 4.78 is 112. The van der Waals surface area contributed by atoms with Crippen molar-refractivity contribution in [2.45, 2.75) is 48.8 Å². The Balaban J connectivity index is 1.46. The minimum absolute atomic E-state index is 0.123. The van der Waals surface area contributed by atoms with Gasteiger partial charge < -0.3 is 19.3 Å². The van der Waals surface area contributed by atoms with E-state index >= 15 is 8.78 Å². The van der Waals surface area contributed by atoms with Crippen LogP contribution in [-0.2, 0) is 29.2 Å². The lowest BCUT2D eigenvalue weighted by Gasteiger charge is -2.48. The first-order chi connectivity index (χ1) is 24.1. The molecule has 0 unspecified atom stereocenters. The number of aromatic nitrogens is 2. The van der Waals surface area contributed by atoms with Crippen molar-refractivity contribution in [2.75, 3.05) is 50.6 Å². The van der Waals surface area contributed by atoms with Gasteiger partial charge in [-0.05, 0) is 75.7 Å². The third-order valence-electron chi connectivity index (χ3n) is 9.27. The van der Waals surface area contributed by atoms with E-state index in [1.807, 2.05) is 19.0 Å². The Morgan fingerprint density at radius 1 is 1.00 bits per heavy atom. The number of sulfonamides is 1. The van der Waals surface area contributed by atoms with Crippen molar-refractivity contribution in [1.82, 2.24) is 14.9 Å². The highest BCUT2D eigenvalue weighted by Crippen LogP contribution is 2.40. The maximum Gasteiger partial charge on any atom is 0.417 e. The first-order valence-corrected chi connectivity index (χ1v) is 17.7. The number of nitrogens with zero attached hydrogens (tertiary/aromatic N) is 5. The number of alkyl halides is 3. The van der Waals surface area contributed by atoms with E-state index in [1.165, 1.54) is 32.5 Å². The Morgan fingerprint density at radius 3 is 2.33 bits per heavy atom. The normalized spacial score (nSPS) is 16.7. The summed E-state index contributed by atoms with van der Waals surface area (Å²) in [5.74, 6) is -2.00. The largest absolute Gasteiger partial charge is 0.497 e. The Labute approximate surface area is 298 Å². The minimum Gasteiger partial charge on any atom is -0.497 e. The van der Waals surface area contributed by atoms with Crippen molar-refractivity contribution in [3.8, 4) is 11.5 Å². The van der Waals surface area contributed by atoms with Gasteiger partial charge in [-0.1, -0.05) is 23.7 Å². The second-order valence-corrected chi connectivity index (χ2v) is 14.6. The summed E-state index contributed by atoms with van der Waals surface area (Å²) in [5, 5.41) is -0.353. The van der Waals surface area contributed by atoms with Crippen LogP contribution in [0.1, 0.15) is 36.0 Å². The Hall–Kier alpha value is -4.21. The number of anilines is 2. The van der Waals surface area contributed by atoms with Crippen molar-refractivity contribution >= 4 is 33.1 Å². The van der Waals surface area contributed by atoms with E-state index in [2.05, 4.69) is 9.97 Å². The van der Waals surface area contributed by atoms with Crippen LogP contribution in [0.3, 0.4) is 0 Å². The summed E-state index contributed by atoms with van der Waals surface area (Å²) >= 11 is 6.18. The van der Waals surface area contributed by atoms with Crippen molar-refractivity contribution in [2.24, 2.45) is 0 Å². The quantitative estimate of drug-likeness (QED) is 0.139. The van der Waals surface area contributed by atoms with Gasteiger partial charge in [0.2, 0.25) is 0 Å². The molecule has 1 aliphatic heterocycles. The number of aryl methyl sites for hydroxylation is 1. The van der Waals surface area contributed by atoms with Gasteiger partial charge in [0.05, 0.1) is 31.4 Å². The van der Waals surface area contributed by atoms with Gasteiger partial charge >= 0.3 is 6.18 Å². The molecule has 1 fully saturated rings. The molecule has 5 rings (SSSR count). The zero-order chi connectivity index (χ0) is 37.1. The molecule has 16 heteroatoms. The molecule has 0 spiro atoms. The zero-order valence-corrected chi connectivity index (χ0v) is 29.9. The van der Waals surface area contributed by atoms with Crippen LogP contribution in [0.4, 0.5) is 33.5 Å². The molecular weight excluding hydrogens is 717 g/mol. The zero-order valence-electron chi connectivity index (χ0n) is 28.3. The number of halogens is 6.